The van der Waals surface area contributed by atoms with E-state index in [-0.39, 0.29) is 0 Å². The van der Waals surface area contributed by atoms with Crippen LogP contribution < -0.4 is 4.43 Å². The van der Waals surface area contributed by atoms with Gasteiger partial charge in [0.2, 0.25) is 8.32 Å². The molecule has 0 saturated carbocycles. The smallest absolute Gasteiger partial charge is 0.242 e. The van der Waals surface area contributed by atoms with Gasteiger partial charge in [0.05, 0.1) is 11.0 Å². The molecular formula is C21H21NOSi. The lowest BCUT2D eigenvalue weighted by atomic mass is 10.1. The van der Waals surface area contributed by atoms with Gasteiger partial charge in [-0.15, -0.1) is 0 Å². The van der Waals surface area contributed by atoms with Crippen LogP contribution in [-0.4, -0.2) is 12.9 Å². The first-order valence-electron chi connectivity index (χ1n) is 8.31. The summed E-state index contributed by atoms with van der Waals surface area (Å²) in [5.74, 6) is 0.998. The number of rotatable bonds is 3. The molecule has 3 aromatic carbocycles. The third kappa shape index (κ3) is 2.51. The van der Waals surface area contributed by atoms with Crippen LogP contribution >= 0.6 is 0 Å². The van der Waals surface area contributed by atoms with Crippen LogP contribution in [0, 0.1) is 0 Å². The van der Waals surface area contributed by atoms with Crippen LogP contribution in [-0.2, 0) is 0 Å². The van der Waals surface area contributed by atoms with Gasteiger partial charge in [-0.3, -0.25) is 0 Å². The van der Waals surface area contributed by atoms with Crippen molar-refractivity contribution in [3.63, 3.8) is 0 Å². The highest BCUT2D eigenvalue weighted by atomic mass is 28.4. The van der Waals surface area contributed by atoms with Crippen LogP contribution in [0.1, 0.15) is 0 Å². The maximum atomic E-state index is 6.40. The zero-order valence-corrected chi connectivity index (χ0v) is 15.3. The molecule has 0 unspecified atom stereocenters. The van der Waals surface area contributed by atoms with E-state index in [4.69, 9.17) is 4.43 Å². The second kappa shape index (κ2) is 5.53. The Balaban J connectivity index is 2.11. The van der Waals surface area contributed by atoms with E-state index in [9.17, 15) is 0 Å². The molecule has 0 aliphatic rings. The molecule has 2 nitrogen and oxygen atoms in total. The Morgan fingerprint density at radius 1 is 0.708 bits per heavy atom. The third-order valence-corrected chi connectivity index (χ3v) is 4.92. The van der Waals surface area contributed by atoms with E-state index < -0.39 is 8.32 Å². The van der Waals surface area contributed by atoms with E-state index >= 15 is 0 Å². The average molecular weight is 331 g/mol. The summed E-state index contributed by atoms with van der Waals surface area (Å²) in [6, 6.07) is 25.5. The maximum Gasteiger partial charge on any atom is 0.242 e. The van der Waals surface area contributed by atoms with E-state index in [1.165, 1.54) is 27.5 Å². The van der Waals surface area contributed by atoms with E-state index in [1.54, 1.807) is 0 Å². The van der Waals surface area contributed by atoms with Crippen LogP contribution in [0.15, 0.2) is 72.8 Å². The summed E-state index contributed by atoms with van der Waals surface area (Å²) in [6.45, 7) is 6.67. The predicted octanol–water partition coefficient (Wildman–Crippen LogP) is 6.00. The topological polar surface area (TPSA) is 14.2 Å². The molecule has 3 heteroatoms. The Morgan fingerprint density at radius 3 is 2.12 bits per heavy atom. The molecule has 4 aromatic rings. The fourth-order valence-electron chi connectivity index (χ4n) is 3.26. The van der Waals surface area contributed by atoms with Crippen molar-refractivity contribution in [3.8, 4) is 11.4 Å². The highest BCUT2D eigenvalue weighted by molar-refractivity contribution is 6.70. The normalized spacial score (nSPS) is 12.0. The van der Waals surface area contributed by atoms with Crippen LogP contribution in [0.4, 0.5) is 0 Å². The van der Waals surface area contributed by atoms with Crippen molar-refractivity contribution in [2.45, 2.75) is 19.6 Å². The number of hydrogen-bond donors (Lipinski definition) is 0. The Morgan fingerprint density at radius 2 is 1.38 bits per heavy atom. The summed E-state index contributed by atoms with van der Waals surface area (Å²) in [4.78, 5) is 0. The molecule has 0 aliphatic carbocycles. The minimum Gasteiger partial charge on any atom is -0.544 e. The quantitative estimate of drug-likeness (QED) is 0.420. The highest BCUT2D eigenvalue weighted by Gasteiger charge is 2.20. The minimum atomic E-state index is -1.68. The van der Waals surface area contributed by atoms with Gasteiger partial charge in [-0.1, -0.05) is 42.5 Å². The number of benzene rings is 3. The van der Waals surface area contributed by atoms with Gasteiger partial charge in [-0.05, 0) is 50.0 Å². The highest BCUT2D eigenvalue weighted by Crippen LogP contribution is 2.38. The largest absolute Gasteiger partial charge is 0.544 e. The van der Waals surface area contributed by atoms with Crippen molar-refractivity contribution < 1.29 is 4.43 Å². The number of aromatic nitrogens is 1. The maximum absolute atomic E-state index is 6.40. The van der Waals surface area contributed by atoms with Crippen molar-refractivity contribution >= 4 is 30.1 Å². The number of para-hydroxylation sites is 2. The van der Waals surface area contributed by atoms with Gasteiger partial charge in [0.25, 0.3) is 0 Å². The Hall–Kier alpha value is -2.52. The van der Waals surface area contributed by atoms with Gasteiger partial charge in [0.15, 0.2) is 0 Å². The monoisotopic (exact) mass is 331 g/mol. The van der Waals surface area contributed by atoms with Gasteiger partial charge in [0.1, 0.15) is 5.75 Å². The first-order valence-corrected chi connectivity index (χ1v) is 11.7. The van der Waals surface area contributed by atoms with Gasteiger partial charge < -0.3 is 8.99 Å². The lowest BCUT2D eigenvalue weighted by Gasteiger charge is -2.20. The molecule has 0 N–H and O–H groups in total. The molecule has 0 bridgehead atoms. The first kappa shape index (κ1) is 15.0. The van der Waals surface area contributed by atoms with Gasteiger partial charge in [0, 0.05) is 16.5 Å². The second-order valence-corrected chi connectivity index (χ2v) is 11.5. The molecule has 0 atom stereocenters. The number of hydrogen-bond acceptors (Lipinski definition) is 1. The van der Waals surface area contributed by atoms with Crippen molar-refractivity contribution in [2.24, 2.45) is 0 Å². The average Bonchev–Trinajstić information content (AvgIpc) is 2.89. The summed E-state index contributed by atoms with van der Waals surface area (Å²) < 4.78 is 8.72. The molecule has 0 radical (unpaired) electrons. The van der Waals surface area contributed by atoms with Crippen molar-refractivity contribution in [1.82, 2.24) is 4.57 Å². The molecule has 0 saturated heterocycles. The molecule has 4 rings (SSSR count). The Bertz CT molecular complexity index is 1010. The molecule has 0 amide bonds. The minimum absolute atomic E-state index is 0.998. The number of fused-ring (bicyclic) bond motifs is 3. The van der Waals surface area contributed by atoms with Crippen LogP contribution in [0.3, 0.4) is 0 Å². The Labute approximate surface area is 143 Å². The molecular weight excluding hydrogens is 310 g/mol. The predicted molar refractivity (Wildman–Crippen MR) is 105 cm³/mol. The summed E-state index contributed by atoms with van der Waals surface area (Å²) in [6.07, 6.45) is 0. The van der Waals surface area contributed by atoms with Crippen molar-refractivity contribution in [1.29, 1.82) is 0 Å². The zero-order valence-electron chi connectivity index (χ0n) is 14.3. The van der Waals surface area contributed by atoms with Gasteiger partial charge >= 0.3 is 0 Å². The standard InChI is InChI=1S/C21H21NOSi/c1-24(2,3)23-20-15-9-14-19-21(20)17-12-7-8-13-18(17)22(19)16-10-5-4-6-11-16/h4-15H,1-3H3. The van der Waals surface area contributed by atoms with Crippen molar-refractivity contribution in [3.05, 3.63) is 72.8 Å². The summed E-state index contributed by atoms with van der Waals surface area (Å²) in [5, 5.41) is 2.45. The van der Waals surface area contributed by atoms with Crippen LogP contribution in [0.25, 0.3) is 27.5 Å². The lowest BCUT2D eigenvalue weighted by Crippen LogP contribution is -2.29. The molecule has 0 spiro atoms. The number of nitrogens with zero attached hydrogens (tertiary/aromatic N) is 1. The molecule has 24 heavy (non-hydrogen) atoms. The molecule has 1 aromatic heterocycles. The molecule has 0 aliphatic heterocycles. The van der Waals surface area contributed by atoms with E-state index in [1.807, 2.05) is 0 Å². The summed E-state index contributed by atoms with van der Waals surface area (Å²) in [5.41, 5.74) is 3.58. The van der Waals surface area contributed by atoms with Crippen molar-refractivity contribution in [2.75, 3.05) is 0 Å². The van der Waals surface area contributed by atoms with Gasteiger partial charge in [-0.25, -0.2) is 0 Å². The van der Waals surface area contributed by atoms with Gasteiger partial charge in [-0.2, -0.15) is 0 Å². The van der Waals surface area contributed by atoms with Crippen LogP contribution in [0.5, 0.6) is 5.75 Å². The summed E-state index contributed by atoms with van der Waals surface area (Å²) in [7, 11) is -1.68. The lowest BCUT2D eigenvalue weighted by molar-refractivity contribution is 0.564. The summed E-state index contributed by atoms with van der Waals surface area (Å²) >= 11 is 0. The Kier molecular flexibility index (Phi) is 3.46. The zero-order chi connectivity index (χ0) is 16.7. The molecule has 120 valence electrons. The van der Waals surface area contributed by atoms with E-state index in [0.717, 1.165) is 5.75 Å². The second-order valence-electron chi connectivity index (χ2n) is 7.05. The SMILES string of the molecule is C[Si](C)(C)Oc1cccc2c1c1ccccc1n2-c1ccccc1. The fourth-order valence-corrected chi connectivity index (χ4v) is 4.09. The fraction of sp³-hybridized carbons (Fsp3) is 0.143. The van der Waals surface area contributed by atoms with E-state index in [2.05, 4.69) is 97.0 Å². The first-order chi connectivity index (χ1) is 11.5. The third-order valence-electron chi connectivity index (χ3n) is 4.09. The molecule has 1 heterocycles. The van der Waals surface area contributed by atoms with E-state index in [0.29, 0.717) is 0 Å². The molecule has 0 fully saturated rings. The van der Waals surface area contributed by atoms with Crippen LogP contribution in [0.2, 0.25) is 19.6 Å².